The second-order valence-electron chi connectivity index (χ2n) is 5.41. The first-order chi connectivity index (χ1) is 10.1. The number of nitrogens with one attached hydrogen (secondary N) is 1. The highest BCUT2D eigenvalue weighted by Gasteiger charge is 2.36. The number of likely N-dealkylation sites (N-methyl/N-ethyl adjacent to an activating group) is 1. The van der Waals surface area contributed by atoms with Crippen LogP contribution < -0.4 is 10.1 Å². The number of hydrogen-bond donors (Lipinski definition) is 1. The molecule has 0 aromatic heterocycles. The van der Waals surface area contributed by atoms with Crippen LogP contribution in [0.15, 0.2) is 24.3 Å². The van der Waals surface area contributed by atoms with Crippen LogP contribution in [0.4, 0.5) is 0 Å². The number of carbonyl (C=O) groups is 1. The van der Waals surface area contributed by atoms with E-state index in [1.807, 2.05) is 45.3 Å². The predicted octanol–water partition coefficient (Wildman–Crippen LogP) is 1.45. The lowest BCUT2D eigenvalue weighted by Crippen LogP contribution is -2.44. The van der Waals surface area contributed by atoms with Gasteiger partial charge in [-0.25, -0.2) is 0 Å². The Balaban J connectivity index is 2.15. The van der Waals surface area contributed by atoms with Gasteiger partial charge in [0.25, 0.3) is 0 Å². The van der Waals surface area contributed by atoms with Gasteiger partial charge in [0, 0.05) is 18.7 Å². The zero-order valence-electron chi connectivity index (χ0n) is 13.1. The van der Waals surface area contributed by atoms with Crippen molar-refractivity contribution in [3.8, 4) is 5.75 Å². The van der Waals surface area contributed by atoms with Crippen LogP contribution in [-0.4, -0.2) is 51.3 Å². The van der Waals surface area contributed by atoms with Gasteiger partial charge in [0.15, 0.2) is 0 Å². The zero-order valence-corrected chi connectivity index (χ0v) is 13.1. The summed E-state index contributed by atoms with van der Waals surface area (Å²) in [6, 6.07) is 7.84. The number of amides is 1. The Morgan fingerprint density at radius 2 is 2.14 bits per heavy atom. The summed E-state index contributed by atoms with van der Waals surface area (Å²) in [4.78, 5) is 14.5. The summed E-state index contributed by atoms with van der Waals surface area (Å²) in [5.41, 5.74) is 1.01. The van der Waals surface area contributed by atoms with Crippen molar-refractivity contribution in [2.45, 2.75) is 19.0 Å². The summed E-state index contributed by atoms with van der Waals surface area (Å²) in [5, 5.41) is 3.15. The first-order valence-electron chi connectivity index (χ1n) is 7.24. The van der Waals surface area contributed by atoms with Gasteiger partial charge in [0.2, 0.25) is 5.91 Å². The molecular formula is C16H24N2O3. The molecule has 1 N–H and O–H groups in total. The largest absolute Gasteiger partial charge is 0.496 e. The van der Waals surface area contributed by atoms with Crippen molar-refractivity contribution in [1.82, 2.24) is 10.2 Å². The smallest absolute Gasteiger partial charge is 0.229 e. The van der Waals surface area contributed by atoms with Crippen molar-refractivity contribution in [2.24, 2.45) is 5.92 Å². The van der Waals surface area contributed by atoms with Crippen molar-refractivity contribution in [3.05, 3.63) is 29.8 Å². The third-order valence-corrected chi connectivity index (χ3v) is 4.29. The van der Waals surface area contributed by atoms with E-state index < -0.39 is 0 Å². The fourth-order valence-corrected chi connectivity index (χ4v) is 2.75. The van der Waals surface area contributed by atoms with Crippen LogP contribution in [0.2, 0.25) is 0 Å². The van der Waals surface area contributed by atoms with E-state index in [9.17, 15) is 4.79 Å². The van der Waals surface area contributed by atoms with Gasteiger partial charge in [0.1, 0.15) is 5.75 Å². The second kappa shape index (κ2) is 6.91. The number of rotatable bonds is 5. The number of benzene rings is 1. The molecule has 0 bridgehead atoms. The fourth-order valence-electron chi connectivity index (χ4n) is 2.75. The number of carbonyl (C=O) groups excluding carboxylic acids is 1. The molecule has 1 heterocycles. The van der Waals surface area contributed by atoms with E-state index in [1.165, 1.54) is 0 Å². The number of nitrogens with zero attached hydrogens (tertiary/aromatic N) is 1. The molecule has 0 spiro atoms. The Morgan fingerprint density at radius 3 is 2.81 bits per heavy atom. The number of para-hydroxylation sites is 1. The summed E-state index contributed by atoms with van der Waals surface area (Å²) in [7, 11) is 5.35. The molecule has 5 nitrogen and oxygen atoms in total. The van der Waals surface area contributed by atoms with Crippen LogP contribution >= 0.6 is 0 Å². The lowest BCUT2D eigenvalue weighted by Gasteiger charge is -2.30. The maximum atomic E-state index is 12.7. The van der Waals surface area contributed by atoms with E-state index in [0.717, 1.165) is 11.3 Å². The lowest BCUT2D eigenvalue weighted by atomic mass is 9.99. The van der Waals surface area contributed by atoms with Crippen molar-refractivity contribution in [3.63, 3.8) is 0 Å². The van der Waals surface area contributed by atoms with Crippen LogP contribution in [-0.2, 0) is 9.53 Å². The standard InChI is InChI=1S/C16H24N2O3/c1-11(12-7-5-6-8-15(12)20-4)18(3)16(19)13-9-21-10-14(13)17-2/h5-8,11,13-14,17H,9-10H2,1-4H3. The van der Waals surface area contributed by atoms with Gasteiger partial charge in [-0.15, -0.1) is 0 Å². The molecular weight excluding hydrogens is 268 g/mol. The second-order valence-corrected chi connectivity index (χ2v) is 5.41. The van der Waals surface area contributed by atoms with Crippen molar-refractivity contribution < 1.29 is 14.3 Å². The topological polar surface area (TPSA) is 50.8 Å². The molecule has 1 amide bonds. The molecule has 0 radical (unpaired) electrons. The molecule has 1 fully saturated rings. The molecule has 1 aliphatic rings. The van der Waals surface area contributed by atoms with E-state index in [-0.39, 0.29) is 23.9 Å². The van der Waals surface area contributed by atoms with Crippen molar-refractivity contribution in [2.75, 3.05) is 34.4 Å². The highest BCUT2D eigenvalue weighted by molar-refractivity contribution is 5.80. The Morgan fingerprint density at radius 1 is 1.43 bits per heavy atom. The Bertz CT molecular complexity index is 492. The van der Waals surface area contributed by atoms with Gasteiger partial charge in [-0.1, -0.05) is 18.2 Å². The molecule has 21 heavy (non-hydrogen) atoms. The van der Waals surface area contributed by atoms with E-state index in [1.54, 1.807) is 12.0 Å². The lowest BCUT2D eigenvalue weighted by molar-refractivity contribution is -0.136. The summed E-state index contributed by atoms with van der Waals surface area (Å²) < 4.78 is 10.8. The van der Waals surface area contributed by atoms with Crippen LogP contribution in [0, 0.1) is 5.92 Å². The summed E-state index contributed by atoms with van der Waals surface area (Å²) in [6.45, 7) is 3.08. The molecule has 5 heteroatoms. The van der Waals surface area contributed by atoms with Crippen LogP contribution in [0.25, 0.3) is 0 Å². The minimum Gasteiger partial charge on any atom is -0.496 e. The molecule has 0 aliphatic carbocycles. The Kier molecular flexibility index (Phi) is 5.20. The zero-order chi connectivity index (χ0) is 15.4. The summed E-state index contributed by atoms with van der Waals surface area (Å²) >= 11 is 0. The average molecular weight is 292 g/mol. The number of hydrogen-bond acceptors (Lipinski definition) is 4. The van der Waals surface area contributed by atoms with Crippen molar-refractivity contribution >= 4 is 5.91 Å². The van der Waals surface area contributed by atoms with Gasteiger partial charge in [-0.05, 0) is 20.0 Å². The molecule has 2 rings (SSSR count). The normalized spacial score (nSPS) is 22.9. The van der Waals surface area contributed by atoms with Gasteiger partial charge < -0.3 is 19.7 Å². The van der Waals surface area contributed by atoms with Crippen LogP contribution in [0.1, 0.15) is 18.5 Å². The van der Waals surface area contributed by atoms with E-state index in [2.05, 4.69) is 5.32 Å². The molecule has 1 saturated heterocycles. The molecule has 1 aromatic carbocycles. The van der Waals surface area contributed by atoms with E-state index in [4.69, 9.17) is 9.47 Å². The SMILES string of the molecule is CNC1COCC1C(=O)N(C)C(C)c1ccccc1OC. The molecule has 0 saturated carbocycles. The highest BCUT2D eigenvalue weighted by atomic mass is 16.5. The maximum Gasteiger partial charge on any atom is 0.229 e. The molecule has 1 aliphatic heterocycles. The molecule has 3 unspecified atom stereocenters. The number of ether oxygens (including phenoxy) is 2. The average Bonchev–Trinajstić information content (AvgIpc) is 3.01. The Labute approximate surface area is 126 Å². The van der Waals surface area contributed by atoms with E-state index in [0.29, 0.717) is 13.2 Å². The third-order valence-electron chi connectivity index (χ3n) is 4.29. The minimum atomic E-state index is -0.128. The van der Waals surface area contributed by atoms with Gasteiger partial charge >= 0.3 is 0 Å². The highest BCUT2D eigenvalue weighted by Crippen LogP contribution is 2.29. The van der Waals surface area contributed by atoms with Gasteiger partial charge in [0.05, 0.1) is 32.3 Å². The van der Waals surface area contributed by atoms with Gasteiger partial charge in [-0.3, -0.25) is 4.79 Å². The first-order valence-corrected chi connectivity index (χ1v) is 7.24. The number of methoxy groups -OCH3 is 1. The quantitative estimate of drug-likeness (QED) is 0.892. The summed E-state index contributed by atoms with van der Waals surface area (Å²) in [6.07, 6.45) is 0. The maximum absolute atomic E-state index is 12.7. The summed E-state index contributed by atoms with van der Waals surface area (Å²) in [5.74, 6) is 0.778. The third kappa shape index (κ3) is 3.19. The van der Waals surface area contributed by atoms with Crippen molar-refractivity contribution in [1.29, 1.82) is 0 Å². The minimum absolute atomic E-state index is 0.0493. The van der Waals surface area contributed by atoms with Crippen LogP contribution in [0.3, 0.4) is 0 Å². The molecule has 3 atom stereocenters. The molecule has 116 valence electrons. The Hall–Kier alpha value is -1.59. The fraction of sp³-hybridized carbons (Fsp3) is 0.562. The monoisotopic (exact) mass is 292 g/mol. The molecule has 1 aromatic rings. The van der Waals surface area contributed by atoms with Crippen LogP contribution in [0.5, 0.6) is 5.75 Å². The van der Waals surface area contributed by atoms with Gasteiger partial charge in [-0.2, -0.15) is 0 Å². The predicted molar refractivity (Wildman–Crippen MR) is 81.3 cm³/mol. The first kappa shape index (κ1) is 15.8. The van der Waals surface area contributed by atoms with E-state index >= 15 is 0 Å².